The topological polar surface area (TPSA) is 64.6 Å². The average molecular weight is 349 g/mol. The van der Waals surface area contributed by atoms with Crippen LogP contribution in [0.4, 0.5) is 11.4 Å². The first-order valence-electron chi connectivity index (χ1n) is 8.94. The van der Waals surface area contributed by atoms with Crippen LogP contribution in [0, 0.1) is 0 Å². The molecule has 0 aromatic heterocycles. The van der Waals surface area contributed by atoms with Crippen molar-refractivity contribution >= 4 is 23.4 Å². The van der Waals surface area contributed by atoms with Gasteiger partial charge in [0.15, 0.2) is 0 Å². The summed E-state index contributed by atoms with van der Waals surface area (Å²) in [5, 5.41) is 14.5. The highest BCUT2D eigenvalue weighted by Gasteiger charge is 2.12. The van der Waals surface area contributed by atoms with E-state index in [1.165, 1.54) is 5.69 Å². The molecule has 2 heterocycles. The summed E-state index contributed by atoms with van der Waals surface area (Å²) in [6.45, 7) is 3.97. The number of morpholine rings is 1. The molecule has 1 saturated heterocycles. The summed E-state index contributed by atoms with van der Waals surface area (Å²) < 4.78 is 5.40. The van der Waals surface area contributed by atoms with Crippen molar-refractivity contribution in [1.29, 1.82) is 0 Å². The van der Waals surface area contributed by atoms with Crippen molar-refractivity contribution in [2.45, 2.75) is 6.42 Å². The predicted molar refractivity (Wildman–Crippen MR) is 101 cm³/mol. The minimum absolute atomic E-state index is 0.330. The minimum Gasteiger partial charge on any atom is -0.545 e. The van der Waals surface area contributed by atoms with Crippen LogP contribution >= 0.6 is 0 Å². The standard InChI is InChI=1S/C21H22N2O3/c24-21(25)17-7-8-22-20-6-3-16(13-18(20)14-17)15-1-4-19(5-2-15)23-9-11-26-12-10-23/h1-6,13-14,22H,7-12H2,(H,24,25)/p-1. The van der Waals surface area contributed by atoms with Gasteiger partial charge < -0.3 is 24.9 Å². The number of aliphatic carboxylic acids is 1. The van der Waals surface area contributed by atoms with Crippen molar-refractivity contribution in [3.63, 3.8) is 0 Å². The van der Waals surface area contributed by atoms with Crippen LogP contribution in [0.1, 0.15) is 12.0 Å². The second kappa shape index (κ2) is 7.22. The van der Waals surface area contributed by atoms with Crippen molar-refractivity contribution in [2.75, 3.05) is 43.1 Å². The molecule has 0 spiro atoms. The highest BCUT2D eigenvalue weighted by atomic mass is 16.5. The minimum atomic E-state index is -1.10. The van der Waals surface area contributed by atoms with E-state index in [4.69, 9.17) is 4.74 Å². The molecule has 0 radical (unpaired) electrons. The van der Waals surface area contributed by atoms with Gasteiger partial charge in [-0.05, 0) is 59.0 Å². The van der Waals surface area contributed by atoms with E-state index in [-0.39, 0.29) is 0 Å². The lowest BCUT2D eigenvalue weighted by Crippen LogP contribution is -2.36. The van der Waals surface area contributed by atoms with Crippen molar-refractivity contribution in [3.05, 3.63) is 53.6 Å². The molecule has 0 amide bonds. The van der Waals surface area contributed by atoms with Gasteiger partial charge in [0.1, 0.15) is 0 Å². The molecule has 0 aliphatic carbocycles. The number of fused-ring (bicyclic) bond motifs is 1. The maximum Gasteiger partial charge on any atom is 0.0675 e. The monoisotopic (exact) mass is 349 g/mol. The van der Waals surface area contributed by atoms with Gasteiger partial charge in [-0.15, -0.1) is 0 Å². The maximum absolute atomic E-state index is 11.2. The second-order valence-electron chi connectivity index (χ2n) is 6.58. The normalized spacial score (nSPS) is 16.9. The number of hydrogen-bond acceptors (Lipinski definition) is 5. The summed E-state index contributed by atoms with van der Waals surface area (Å²) in [5.74, 6) is -1.10. The highest BCUT2D eigenvalue weighted by molar-refractivity contribution is 5.93. The number of anilines is 2. The molecule has 1 fully saturated rings. The van der Waals surface area contributed by atoms with E-state index < -0.39 is 5.97 Å². The van der Waals surface area contributed by atoms with E-state index >= 15 is 0 Å². The summed E-state index contributed by atoms with van der Waals surface area (Å²) in [6.07, 6.45) is 2.18. The first-order chi connectivity index (χ1) is 12.7. The van der Waals surface area contributed by atoms with Crippen LogP contribution in [-0.2, 0) is 9.53 Å². The van der Waals surface area contributed by atoms with Gasteiger partial charge in [0, 0.05) is 31.0 Å². The first-order valence-corrected chi connectivity index (χ1v) is 8.94. The third kappa shape index (κ3) is 3.44. The first kappa shape index (κ1) is 16.7. The molecule has 5 heteroatoms. The zero-order chi connectivity index (χ0) is 17.9. The highest BCUT2D eigenvalue weighted by Crippen LogP contribution is 2.30. The number of carboxylic acids is 1. The van der Waals surface area contributed by atoms with Gasteiger partial charge >= 0.3 is 0 Å². The Labute approximate surface area is 152 Å². The molecule has 4 rings (SSSR count). The number of rotatable bonds is 3. The molecule has 134 valence electrons. The Bertz CT molecular complexity index is 837. The fraction of sp³-hybridized carbons (Fsp3) is 0.286. The number of carboxylic acid groups (broad SMARTS) is 1. The number of nitrogens with zero attached hydrogens (tertiary/aromatic N) is 1. The largest absolute Gasteiger partial charge is 0.545 e. The third-order valence-electron chi connectivity index (χ3n) is 4.93. The predicted octanol–water partition coefficient (Wildman–Crippen LogP) is 2.14. The molecule has 5 nitrogen and oxygen atoms in total. The van der Waals surface area contributed by atoms with Crippen LogP contribution in [0.3, 0.4) is 0 Å². The fourth-order valence-electron chi connectivity index (χ4n) is 3.46. The number of benzene rings is 2. The molecule has 2 aromatic carbocycles. The smallest absolute Gasteiger partial charge is 0.0675 e. The Morgan fingerprint density at radius 3 is 2.50 bits per heavy atom. The number of ether oxygens (including phenoxy) is 1. The Kier molecular flexibility index (Phi) is 4.63. The zero-order valence-electron chi connectivity index (χ0n) is 14.5. The third-order valence-corrected chi connectivity index (χ3v) is 4.93. The Morgan fingerprint density at radius 2 is 1.77 bits per heavy atom. The number of hydrogen-bond donors (Lipinski definition) is 1. The molecular weight excluding hydrogens is 328 g/mol. The lowest BCUT2D eigenvalue weighted by Gasteiger charge is -2.29. The fourth-order valence-corrected chi connectivity index (χ4v) is 3.46. The zero-order valence-corrected chi connectivity index (χ0v) is 14.5. The number of carbonyl (C=O) groups is 1. The summed E-state index contributed by atoms with van der Waals surface area (Å²) >= 11 is 0. The molecular formula is C21H21N2O3-. The van der Waals surface area contributed by atoms with Crippen LogP contribution in [0.2, 0.25) is 0 Å². The van der Waals surface area contributed by atoms with Crippen LogP contribution < -0.4 is 15.3 Å². The van der Waals surface area contributed by atoms with Gasteiger partial charge in [-0.2, -0.15) is 0 Å². The number of nitrogens with one attached hydrogen (secondary N) is 1. The quantitative estimate of drug-likeness (QED) is 0.920. The molecule has 2 aliphatic heterocycles. The lowest BCUT2D eigenvalue weighted by atomic mass is 10.00. The van der Waals surface area contributed by atoms with Crippen LogP contribution in [0.5, 0.6) is 0 Å². The summed E-state index contributed by atoms with van der Waals surface area (Å²) in [4.78, 5) is 13.6. The SMILES string of the molecule is O=C([O-])C1=Cc2cc(-c3ccc(N4CCOCC4)cc3)ccc2NCC1. The molecule has 2 aromatic rings. The lowest BCUT2D eigenvalue weighted by molar-refractivity contribution is -0.299. The molecule has 0 unspecified atom stereocenters. The van der Waals surface area contributed by atoms with Gasteiger partial charge in [0.2, 0.25) is 0 Å². The van der Waals surface area contributed by atoms with Crippen molar-refractivity contribution in [3.8, 4) is 11.1 Å². The van der Waals surface area contributed by atoms with E-state index in [9.17, 15) is 9.90 Å². The van der Waals surface area contributed by atoms with Crippen molar-refractivity contribution in [1.82, 2.24) is 0 Å². The Balaban J connectivity index is 1.62. The van der Waals surface area contributed by atoms with E-state index in [1.54, 1.807) is 6.08 Å². The van der Waals surface area contributed by atoms with Crippen LogP contribution in [-0.4, -0.2) is 38.8 Å². The van der Waals surface area contributed by atoms with Gasteiger partial charge in [-0.25, -0.2) is 0 Å². The van der Waals surface area contributed by atoms with Crippen molar-refractivity contribution < 1.29 is 14.6 Å². The van der Waals surface area contributed by atoms with Crippen LogP contribution in [0.15, 0.2) is 48.0 Å². The second-order valence-corrected chi connectivity index (χ2v) is 6.58. The van der Waals surface area contributed by atoms with Crippen LogP contribution in [0.25, 0.3) is 17.2 Å². The summed E-state index contributed by atoms with van der Waals surface area (Å²) in [5.41, 5.74) is 5.54. The van der Waals surface area contributed by atoms with E-state index in [2.05, 4.69) is 40.5 Å². The molecule has 2 aliphatic rings. The van der Waals surface area contributed by atoms with Crippen molar-refractivity contribution in [2.24, 2.45) is 0 Å². The summed E-state index contributed by atoms with van der Waals surface area (Å²) in [6, 6.07) is 14.6. The average Bonchev–Trinajstić information content (AvgIpc) is 2.91. The van der Waals surface area contributed by atoms with Gasteiger partial charge in [0.25, 0.3) is 0 Å². The number of carbonyl (C=O) groups excluding carboxylic acids is 1. The molecule has 1 N–H and O–H groups in total. The molecule has 0 bridgehead atoms. The van der Waals surface area contributed by atoms with E-state index in [1.807, 2.05) is 12.1 Å². The van der Waals surface area contributed by atoms with Gasteiger partial charge in [0.05, 0.1) is 19.2 Å². The Morgan fingerprint density at radius 1 is 1.04 bits per heavy atom. The maximum atomic E-state index is 11.2. The Hall–Kier alpha value is -2.79. The molecule has 0 atom stereocenters. The summed E-state index contributed by atoms with van der Waals surface area (Å²) in [7, 11) is 0. The van der Waals surface area contributed by atoms with E-state index in [0.29, 0.717) is 18.5 Å². The van der Waals surface area contributed by atoms with Gasteiger partial charge in [-0.1, -0.05) is 18.2 Å². The molecule has 26 heavy (non-hydrogen) atoms. The van der Waals surface area contributed by atoms with E-state index in [0.717, 1.165) is 48.7 Å². The molecule has 0 saturated carbocycles. The van der Waals surface area contributed by atoms with Gasteiger partial charge in [-0.3, -0.25) is 0 Å².